The molecule has 0 aliphatic carbocycles. The second-order valence-electron chi connectivity index (χ2n) is 2.66. The molecule has 0 aromatic carbocycles. The van der Waals surface area contributed by atoms with Gasteiger partial charge in [-0.2, -0.15) is 0 Å². The van der Waals surface area contributed by atoms with Gasteiger partial charge in [-0.05, 0) is 30.7 Å². The van der Waals surface area contributed by atoms with Gasteiger partial charge in [0.15, 0.2) is 0 Å². The summed E-state index contributed by atoms with van der Waals surface area (Å²) in [5, 5.41) is 14.5. The molecule has 0 saturated heterocycles. The molecular weight excluding hydrogens is 162 g/mol. The van der Waals surface area contributed by atoms with Crippen LogP contribution in [0.3, 0.4) is 0 Å². The number of hydrogen-bond acceptors (Lipinski definition) is 3. The third kappa shape index (κ3) is 2.63. The van der Waals surface area contributed by atoms with Gasteiger partial charge in [0.05, 0.1) is 0 Å². The van der Waals surface area contributed by atoms with Crippen LogP contribution in [0.5, 0.6) is 0 Å². The summed E-state index contributed by atoms with van der Waals surface area (Å²) < 4.78 is 0. The Bertz CT molecular complexity index is 338. The van der Waals surface area contributed by atoms with E-state index in [0.717, 1.165) is 11.1 Å². The van der Waals surface area contributed by atoms with Crippen LogP contribution in [0.1, 0.15) is 12.5 Å². The SMILES string of the molecule is CC(=N)/C=C(\C=N)c1ccncc1. The van der Waals surface area contributed by atoms with Gasteiger partial charge in [0.2, 0.25) is 0 Å². The summed E-state index contributed by atoms with van der Waals surface area (Å²) in [6.07, 6.45) is 6.24. The molecule has 66 valence electrons. The molecule has 1 heterocycles. The van der Waals surface area contributed by atoms with Gasteiger partial charge in [-0.25, -0.2) is 0 Å². The number of aromatic nitrogens is 1. The topological polar surface area (TPSA) is 60.6 Å². The first-order valence-corrected chi connectivity index (χ1v) is 3.92. The van der Waals surface area contributed by atoms with Crippen LogP contribution in [-0.4, -0.2) is 16.9 Å². The van der Waals surface area contributed by atoms with Crippen LogP contribution in [0.4, 0.5) is 0 Å². The van der Waals surface area contributed by atoms with E-state index in [9.17, 15) is 0 Å². The van der Waals surface area contributed by atoms with E-state index >= 15 is 0 Å². The van der Waals surface area contributed by atoms with Gasteiger partial charge < -0.3 is 10.8 Å². The quantitative estimate of drug-likeness (QED) is 0.676. The number of nitrogens with zero attached hydrogens (tertiary/aromatic N) is 1. The lowest BCUT2D eigenvalue weighted by molar-refractivity contribution is 1.32. The number of pyridine rings is 1. The van der Waals surface area contributed by atoms with Crippen LogP contribution in [0.2, 0.25) is 0 Å². The second kappa shape index (κ2) is 4.30. The third-order valence-electron chi connectivity index (χ3n) is 1.54. The zero-order valence-corrected chi connectivity index (χ0v) is 7.41. The van der Waals surface area contributed by atoms with Crippen molar-refractivity contribution in [3.63, 3.8) is 0 Å². The fraction of sp³-hybridized carbons (Fsp3) is 0.100. The van der Waals surface area contributed by atoms with E-state index in [1.807, 2.05) is 12.1 Å². The molecule has 13 heavy (non-hydrogen) atoms. The van der Waals surface area contributed by atoms with Gasteiger partial charge in [-0.15, -0.1) is 0 Å². The predicted octanol–water partition coefficient (Wildman–Crippen LogP) is 2.15. The van der Waals surface area contributed by atoms with Crippen molar-refractivity contribution in [2.24, 2.45) is 0 Å². The molecule has 0 saturated carbocycles. The molecule has 0 spiro atoms. The van der Waals surface area contributed by atoms with Crippen LogP contribution in [0, 0.1) is 10.8 Å². The molecule has 3 heteroatoms. The first kappa shape index (κ1) is 9.32. The average molecular weight is 173 g/mol. The average Bonchev–Trinajstić information content (AvgIpc) is 2.15. The lowest BCUT2D eigenvalue weighted by Gasteiger charge is -1.99. The lowest BCUT2D eigenvalue weighted by atomic mass is 10.1. The molecule has 0 unspecified atom stereocenters. The number of nitrogens with one attached hydrogen (secondary N) is 2. The van der Waals surface area contributed by atoms with Gasteiger partial charge in [0.25, 0.3) is 0 Å². The van der Waals surface area contributed by atoms with Crippen molar-refractivity contribution in [3.05, 3.63) is 36.2 Å². The molecule has 0 aliphatic rings. The normalized spacial score (nSPS) is 11.0. The predicted molar refractivity (Wildman–Crippen MR) is 54.4 cm³/mol. The monoisotopic (exact) mass is 173 g/mol. The molecule has 1 aromatic rings. The fourth-order valence-corrected chi connectivity index (χ4v) is 0.986. The Morgan fingerprint density at radius 3 is 2.46 bits per heavy atom. The Kier molecular flexibility index (Phi) is 3.09. The minimum absolute atomic E-state index is 0.440. The van der Waals surface area contributed by atoms with Crippen molar-refractivity contribution >= 4 is 17.5 Å². The standard InChI is InChI=1S/C10H11N3/c1-8(12)6-10(7-11)9-2-4-13-5-3-9/h2-7,11-12H,1H3/b10-6+,11-7?,12-8?. The highest BCUT2D eigenvalue weighted by atomic mass is 14.6. The maximum atomic E-state index is 7.28. The van der Waals surface area contributed by atoms with Crippen molar-refractivity contribution in [3.8, 4) is 0 Å². The Labute approximate surface area is 77.2 Å². The molecule has 1 aromatic heterocycles. The Hall–Kier alpha value is -1.77. The molecule has 0 aliphatic heterocycles. The summed E-state index contributed by atoms with van der Waals surface area (Å²) in [5.41, 5.74) is 2.09. The van der Waals surface area contributed by atoms with Crippen molar-refractivity contribution in [1.29, 1.82) is 10.8 Å². The largest absolute Gasteiger partial charge is 0.308 e. The van der Waals surface area contributed by atoms with E-state index in [1.165, 1.54) is 6.21 Å². The van der Waals surface area contributed by atoms with E-state index in [1.54, 1.807) is 25.4 Å². The molecular formula is C10H11N3. The van der Waals surface area contributed by atoms with Gasteiger partial charge >= 0.3 is 0 Å². The van der Waals surface area contributed by atoms with E-state index in [4.69, 9.17) is 10.8 Å². The van der Waals surface area contributed by atoms with Gasteiger partial charge in [-0.3, -0.25) is 4.98 Å². The van der Waals surface area contributed by atoms with Gasteiger partial charge in [0.1, 0.15) is 0 Å². The molecule has 2 N–H and O–H groups in total. The summed E-state index contributed by atoms with van der Waals surface area (Å²) in [6, 6.07) is 3.64. The number of hydrogen-bond donors (Lipinski definition) is 2. The van der Waals surface area contributed by atoms with Crippen LogP contribution in [0.25, 0.3) is 5.57 Å². The van der Waals surface area contributed by atoms with E-state index in [2.05, 4.69) is 4.98 Å². The molecule has 3 nitrogen and oxygen atoms in total. The second-order valence-corrected chi connectivity index (χ2v) is 2.66. The minimum Gasteiger partial charge on any atom is -0.308 e. The highest BCUT2D eigenvalue weighted by Crippen LogP contribution is 2.09. The molecule has 1 rings (SSSR count). The summed E-state index contributed by atoms with van der Waals surface area (Å²) in [6.45, 7) is 1.69. The van der Waals surface area contributed by atoms with E-state index in [0.29, 0.717) is 5.71 Å². The molecule has 0 bridgehead atoms. The Morgan fingerprint density at radius 2 is 2.00 bits per heavy atom. The van der Waals surface area contributed by atoms with Gasteiger partial charge in [-0.1, -0.05) is 0 Å². The zero-order chi connectivity index (χ0) is 9.68. The van der Waals surface area contributed by atoms with E-state index < -0.39 is 0 Å². The third-order valence-corrected chi connectivity index (χ3v) is 1.54. The van der Waals surface area contributed by atoms with E-state index in [-0.39, 0.29) is 0 Å². The van der Waals surface area contributed by atoms with Crippen molar-refractivity contribution in [2.45, 2.75) is 6.92 Å². The van der Waals surface area contributed by atoms with Crippen LogP contribution >= 0.6 is 0 Å². The number of allylic oxidation sites excluding steroid dienone is 2. The highest BCUT2D eigenvalue weighted by molar-refractivity contribution is 6.15. The first-order valence-electron chi connectivity index (χ1n) is 3.92. The van der Waals surface area contributed by atoms with Crippen molar-refractivity contribution in [2.75, 3.05) is 0 Å². The Balaban J connectivity index is 3.05. The molecule has 0 atom stereocenters. The molecule has 0 amide bonds. The molecule has 0 fully saturated rings. The lowest BCUT2D eigenvalue weighted by Crippen LogP contribution is -1.89. The van der Waals surface area contributed by atoms with Gasteiger partial charge in [0, 0.05) is 29.9 Å². The van der Waals surface area contributed by atoms with Crippen LogP contribution < -0.4 is 0 Å². The maximum absolute atomic E-state index is 7.28. The number of rotatable bonds is 3. The highest BCUT2D eigenvalue weighted by Gasteiger charge is 1.96. The fourth-order valence-electron chi connectivity index (χ4n) is 0.986. The Morgan fingerprint density at radius 1 is 1.38 bits per heavy atom. The first-order chi connectivity index (χ1) is 6.24. The van der Waals surface area contributed by atoms with Crippen molar-refractivity contribution < 1.29 is 0 Å². The minimum atomic E-state index is 0.440. The summed E-state index contributed by atoms with van der Waals surface area (Å²) in [7, 11) is 0. The summed E-state index contributed by atoms with van der Waals surface area (Å²) in [4.78, 5) is 3.89. The smallest absolute Gasteiger partial charge is 0.0289 e. The van der Waals surface area contributed by atoms with Crippen LogP contribution in [-0.2, 0) is 0 Å². The molecule has 0 radical (unpaired) electrons. The van der Waals surface area contributed by atoms with Crippen LogP contribution in [0.15, 0.2) is 30.6 Å². The zero-order valence-electron chi connectivity index (χ0n) is 7.41. The van der Waals surface area contributed by atoms with Crippen molar-refractivity contribution in [1.82, 2.24) is 4.98 Å². The summed E-state index contributed by atoms with van der Waals surface area (Å²) in [5.74, 6) is 0. The summed E-state index contributed by atoms with van der Waals surface area (Å²) >= 11 is 0. The maximum Gasteiger partial charge on any atom is 0.0289 e.